The molecule has 6 heteroatoms. The minimum atomic E-state index is -0.366. The highest BCUT2D eigenvalue weighted by Gasteiger charge is 2.20. The minimum Gasteiger partial charge on any atom is -0.340 e. The van der Waals surface area contributed by atoms with E-state index in [9.17, 15) is 4.79 Å². The molecule has 1 amide bonds. The number of aromatic nitrogens is 1. The van der Waals surface area contributed by atoms with Crippen LogP contribution in [0.25, 0.3) is 0 Å². The molecule has 0 saturated carbocycles. The molecule has 0 atom stereocenters. The molecule has 0 saturated heterocycles. The quantitative estimate of drug-likeness (QED) is 0.338. The third kappa shape index (κ3) is 6.17. The summed E-state index contributed by atoms with van der Waals surface area (Å²) in [6.07, 6.45) is 1.43. The fraction of sp³-hybridized carbons (Fsp3) is 0.269. The fourth-order valence-electron chi connectivity index (χ4n) is 3.01. The highest BCUT2D eigenvalue weighted by atomic mass is 35.5. The molecule has 5 nitrogen and oxygen atoms in total. The van der Waals surface area contributed by atoms with Gasteiger partial charge in [-0.1, -0.05) is 69.1 Å². The van der Waals surface area contributed by atoms with Gasteiger partial charge in [0, 0.05) is 23.3 Å². The van der Waals surface area contributed by atoms with Crippen LogP contribution in [0.2, 0.25) is 5.02 Å². The molecule has 2 aromatic carbocycles. The number of pyridine rings is 1. The number of benzene rings is 2. The van der Waals surface area contributed by atoms with E-state index in [1.807, 2.05) is 69.3 Å². The number of hydrogen-bond donors (Lipinski definition) is 3. The van der Waals surface area contributed by atoms with Gasteiger partial charge in [0.15, 0.2) is 0 Å². The van der Waals surface area contributed by atoms with Gasteiger partial charge in [0.05, 0.1) is 16.1 Å². The Morgan fingerprint density at radius 1 is 1.00 bits per heavy atom. The van der Waals surface area contributed by atoms with Crippen molar-refractivity contribution in [1.29, 1.82) is 5.41 Å². The van der Waals surface area contributed by atoms with E-state index in [2.05, 4.69) is 29.5 Å². The molecule has 168 valence electrons. The lowest BCUT2D eigenvalue weighted by molar-refractivity contribution is 0.102. The predicted octanol–water partition coefficient (Wildman–Crippen LogP) is 7.58. The van der Waals surface area contributed by atoms with Crippen LogP contribution in [0.4, 0.5) is 17.2 Å². The Hall–Kier alpha value is -3.18. The van der Waals surface area contributed by atoms with Crippen LogP contribution in [0.15, 0.2) is 54.7 Å². The summed E-state index contributed by atoms with van der Waals surface area (Å²) in [6.45, 7) is 11.9. The van der Waals surface area contributed by atoms with Gasteiger partial charge in [0.2, 0.25) is 0 Å². The fourth-order valence-corrected chi connectivity index (χ4v) is 3.37. The maximum Gasteiger partial charge on any atom is 0.258 e. The Bertz CT molecular complexity index is 1070. The van der Waals surface area contributed by atoms with Gasteiger partial charge in [-0.15, -0.1) is 0 Å². The lowest BCUT2D eigenvalue weighted by Gasteiger charge is -2.15. The first-order valence-electron chi connectivity index (χ1n) is 10.7. The molecular weight excluding hydrogens is 420 g/mol. The van der Waals surface area contributed by atoms with Crippen LogP contribution in [0.5, 0.6) is 0 Å². The van der Waals surface area contributed by atoms with E-state index in [0.29, 0.717) is 23.0 Å². The Morgan fingerprint density at radius 2 is 1.56 bits per heavy atom. The van der Waals surface area contributed by atoms with E-state index in [1.165, 1.54) is 11.8 Å². The van der Waals surface area contributed by atoms with Crippen LogP contribution in [-0.4, -0.2) is 16.6 Å². The third-order valence-corrected chi connectivity index (χ3v) is 5.18. The summed E-state index contributed by atoms with van der Waals surface area (Å²) >= 11 is 6.55. The Balaban J connectivity index is 0.00000176. The smallest absolute Gasteiger partial charge is 0.258 e. The van der Waals surface area contributed by atoms with Gasteiger partial charge in [0.1, 0.15) is 5.82 Å². The Labute approximate surface area is 195 Å². The number of halogens is 1. The van der Waals surface area contributed by atoms with Crippen molar-refractivity contribution in [3.63, 3.8) is 0 Å². The normalized spacial score (nSPS) is 10.2. The van der Waals surface area contributed by atoms with E-state index in [1.54, 1.807) is 6.92 Å². The predicted molar refractivity (Wildman–Crippen MR) is 136 cm³/mol. The summed E-state index contributed by atoms with van der Waals surface area (Å²) in [5.41, 5.74) is 4.69. The zero-order valence-electron chi connectivity index (χ0n) is 19.5. The first-order valence-corrected chi connectivity index (χ1v) is 11.1. The molecule has 0 aliphatic heterocycles. The minimum absolute atomic E-state index is 0.198. The van der Waals surface area contributed by atoms with Gasteiger partial charge in [-0.2, -0.15) is 0 Å². The largest absolute Gasteiger partial charge is 0.340 e. The van der Waals surface area contributed by atoms with E-state index >= 15 is 0 Å². The first-order chi connectivity index (χ1) is 15.3. The van der Waals surface area contributed by atoms with E-state index in [4.69, 9.17) is 17.0 Å². The number of anilines is 3. The molecular formula is C26H31ClN4O. The number of carbonyl (C=O) groups excluding carboxylic acids is 1. The Morgan fingerprint density at radius 3 is 2.09 bits per heavy atom. The van der Waals surface area contributed by atoms with Crippen molar-refractivity contribution in [2.24, 2.45) is 0 Å². The molecule has 3 aromatic rings. The summed E-state index contributed by atoms with van der Waals surface area (Å²) < 4.78 is 0. The van der Waals surface area contributed by atoms with Crippen molar-refractivity contribution in [3.8, 4) is 0 Å². The van der Waals surface area contributed by atoms with Crippen molar-refractivity contribution >= 4 is 40.4 Å². The average Bonchev–Trinajstić information content (AvgIpc) is 2.77. The zero-order chi connectivity index (χ0) is 23.8. The van der Waals surface area contributed by atoms with E-state index in [0.717, 1.165) is 11.3 Å². The molecule has 32 heavy (non-hydrogen) atoms. The van der Waals surface area contributed by atoms with Crippen LogP contribution < -0.4 is 10.6 Å². The highest BCUT2D eigenvalue weighted by Crippen LogP contribution is 2.30. The molecule has 1 aromatic heterocycles. The molecule has 0 fully saturated rings. The number of aryl methyl sites for hydroxylation is 1. The van der Waals surface area contributed by atoms with Gasteiger partial charge in [0.25, 0.3) is 5.91 Å². The summed E-state index contributed by atoms with van der Waals surface area (Å²) in [4.78, 5) is 17.2. The molecule has 0 spiro atoms. The second kappa shape index (κ2) is 11.4. The average molecular weight is 451 g/mol. The SMILES string of the molecule is CC.CC(=N)c1c(Nc2ccc(C)cc2)ncc(C(=O)Nc2ccc(C(C)C)cc2)c1Cl. The molecule has 1 heterocycles. The topological polar surface area (TPSA) is 77.9 Å². The lowest BCUT2D eigenvalue weighted by atomic mass is 10.0. The number of nitrogens with one attached hydrogen (secondary N) is 3. The standard InChI is InChI=1S/C24H25ClN4O.C2H6/c1-14(2)17-7-11-19(12-8-17)29-24(30)20-13-27-23(21(16(4)26)22(20)25)28-18-9-5-15(3)6-10-18;1-2/h5-14,26H,1-4H3,(H,27,28)(H,29,30);1-2H3. The summed E-state index contributed by atoms with van der Waals surface area (Å²) in [7, 11) is 0. The van der Waals surface area contributed by atoms with E-state index in [-0.39, 0.29) is 22.2 Å². The monoisotopic (exact) mass is 450 g/mol. The van der Waals surface area contributed by atoms with Crippen LogP contribution >= 0.6 is 11.6 Å². The maximum absolute atomic E-state index is 12.8. The van der Waals surface area contributed by atoms with Gasteiger partial charge >= 0.3 is 0 Å². The first kappa shape index (κ1) is 25.1. The van der Waals surface area contributed by atoms with Crippen molar-refractivity contribution < 1.29 is 4.79 Å². The number of hydrogen-bond acceptors (Lipinski definition) is 4. The number of rotatable bonds is 6. The number of nitrogens with zero attached hydrogens (tertiary/aromatic N) is 1. The summed E-state index contributed by atoms with van der Waals surface area (Å²) in [5.74, 6) is 0.489. The molecule has 3 rings (SSSR count). The second-order valence-corrected chi connectivity index (χ2v) is 7.93. The van der Waals surface area contributed by atoms with Gasteiger partial charge in [-0.25, -0.2) is 4.98 Å². The third-order valence-electron chi connectivity index (χ3n) is 4.78. The molecule has 0 bridgehead atoms. The van der Waals surface area contributed by atoms with Crippen LogP contribution in [0.1, 0.15) is 67.6 Å². The number of amides is 1. The van der Waals surface area contributed by atoms with Crippen molar-refractivity contribution in [2.75, 3.05) is 10.6 Å². The van der Waals surface area contributed by atoms with Crippen molar-refractivity contribution in [1.82, 2.24) is 4.98 Å². The lowest BCUT2D eigenvalue weighted by Crippen LogP contribution is -2.15. The summed E-state index contributed by atoms with van der Waals surface area (Å²) in [6, 6.07) is 15.5. The molecule has 0 unspecified atom stereocenters. The highest BCUT2D eigenvalue weighted by molar-refractivity contribution is 6.38. The van der Waals surface area contributed by atoms with Gasteiger partial charge in [-0.3, -0.25) is 4.79 Å². The Kier molecular flexibility index (Phi) is 8.97. The van der Waals surface area contributed by atoms with Gasteiger partial charge < -0.3 is 16.0 Å². The number of carbonyl (C=O) groups is 1. The second-order valence-electron chi connectivity index (χ2n) is 7.56. The van der Waals surface area contributed by atoms with Crippen LogP contribution in [0, 0.1) is 12.3 Å². The maximum atomic E-state index is 12.8. The van der Waals surface area contributed by atoms with Crippen molar-refractivity contribution in [3.05, 3.63) is 82.0 Å². The van der Waals surface area contributed by atoms with Crippen molar-refractivity contribution in [2.45, 2.75) is 47.5 Å². The molecule has 3 N–H and O–H groups in total. The van der Waals surface area contributed by atoms with Crippen LogP contribution in [-0.2, 0) is 0 Å². The summed E-state index contributed by atoms with van der Waals surface area (Å²) in [5, 5.41) is 14.4. The zero-order valence-corrected chi connectivity index (χ0v) is 20.3. The molecule has 0 aliphatic carbocycles. The van der Waals surface area contributed by atoms with Crippen LogP contribution in [0.3, 0.4) is 0 Å². The molecule has 0 radical (unpaired) electrons. The van der Waals surface area contributed by atoms with Gasteiger partial charge in [-0.05, 0) is 49.6 Å². The molecule has 0 aliphatic rings. The van der Waals surface area contributed by atoms with E-state index < -0.39 is 0 Å².